The van der Waals surface area contributed by atoms with Crippen LogP contribution in [0.3, 0.4) is 0 Å². The minimum absolute atomic E-state index is 0.146. The summed E-state index contributed by atoms with van der Waals surface area (Å²) in [4.78, 5) is 12.9. The van der Waals surface area contributed by atoms with E-state index < -0.39 is 15.9 Å². The minimum atomic E-state index is -3.87. The smallest absolute Gasteiger partial charge is 0.255 e. The van der Waals surface area contributed by atoms with Gasteiger partial charge in [-0.05, 0) is 56.2 Å². The normalized spacial score (nSPS) is 11.8. The molecule has 0 atom stereocenters. The van der Waals surface area contributed by atoms with Gasteiger partial charge in [0.25, 0.3) is 5.91 Å². The zero-order valence-electron chi connectivity index (χ0n) is 20.9. The lowest BCUT2D eigenvalue weighted by Gasteiger charge is -2.21. The number of hydrazone groups is 1. The molecule has 1 N–H and O–H groups in total. The van der Waals surface area contributed by atoms with Crippen LogP contribution < -0.4 is 5.43 Å². The van der Waals surface area contributed by atoms with E-state index in [4.69, 9.17) is 0 Å². The van der Waals surface area contributed by atoms with Crippen LogP contribution in [-0.2, 0) is 21.2 Å². The lowest BCUT2D eigenvalue weighted by Crippen LogP contribution is -2.40. The topological polar surface area (TPSA) is 83.8 Å². The number of hydrogen-bond donors (Lipinski definition) is 1. The van der Waals surface area contributed by atoms with Gasteiger partial charge in [0.2, 0.25) is 10.0 Å². The van der Waals surface area contributed by atoms with Gasteiger partial charge in [-0.25, -0.2) is 13.8 Å². The molecule has 7 nitrogen and oxygen atoms in total. The van der Waals surface area contributed by atoms with E-state index in [0.717, 1.165) is 28.2 Å². The molecule has 3 aromatic carbocycles. The van der Waals surface area contributed by atoms with Gasteiger partial charge in [-0.15, -0.1) is 0 Å². The van der Waals surface area contributed by atoms with Crippen molar-refractivity contribution in [3.8, 4) is 5.69 Å². The van der Waals surface area contributed by atoms with Crippen LogP contribution in [0.5, 0.6) is 0 Å². The summed E-state index contributed by atoms with van der Waals surface area (Å²) < 4.78 is 29.9. The maximum Gasteiger partial charge on any atom is 0.255 e. The Kier molecular flexibility index (Phi) is 8.32. The minimum Gasteiger partial charge on any atom is -0.318 e. The van der Waals surface area contributed by atoms with Crippen molar-refractivity contribution >= 4 is 22.1 Å². The van der Waals surface area contributed by atoms with Crippen LogP contribution in [0.25, 0.3) is 5.69 Å². The average molecular weight is 515 g/mol. The summed E-state index contributed by atoms with van der Waals surface area (Å²) in [5, 5.41) is 4.12. The molecule has 0 fully saturated rings. The van der Waals surface area contributed by atoms with E-state index in [9.17, 15) is 13.2 Å². The molecule has 0 spiro atoms. The molecule has 0 aliphatic carbocycles. The third-order valence-electron chi connectivity index (χ3n) is 6.07. The lowest BCUT2D eigenvalue weighted by atomic mass is 10.1. The van der Waals surface area contributed by atoms with Crippen LogP contribution in [0.15, 0.2) is 107 Å². The Bertz CT molecular complexity index is 1470. The number of benzene rings is 3. The number of aryl methyl sites for hydroxylation is 1. The predicted octanol–water partition coefficient (Wildman–Crippen LogP) is 4.48. The first kappa shape index (κ1) is 26.1. The maximum absolute atomic E-state index is 13.3. The second-order valence-electron chi connectivity index (χ2n) is 8.68. The Balaban J connectivity index is 1.47. The van der Waals surface area contributed by atoms with Crippen molar-refractivity contribution in [2.75, 3.05) is 13.1 Å². The number of carbonyl (C=O) groups is 1. The molecule has 4 rings (SSSR count). The van der Waals surface area contributed by atoms with Gasteiger partial charge < -0.3 is 4.57 Å². The third-order valence-corrected chi connectivity index (χ3v) is 7.93. The van der Waals surface area contributed by atoms with Crippen LogP contribution >= 0.6 is 0 Å². The van der Waals surface area contributed by atoms with Gasteiger partial charge in [0.15, 0.2) is 0 Å². The molecule has 1 amide bonds. The molecule has 37 heavy (non-hydrogen) atoms. The van der Waals surface area contributed by atoms with E-state index in [-0.39, 0.29) is 18.0 Å². The highest BCUT2D eigenvalue weighted by atomic mass is 32.2. The zero-order chi connectivity index (χ0) is 26.3. The molecular formula is C29H30N4O3S. The van der Waals surface area contributed by atoms with E-state index in [1.807, 2.05) is 80.6 Å². The van der Waals surface area contributed by atoms with Gasteiger partial charge in [0, 0.05) is 29.2 Å². The quantitative estimate of drug-likeness (QED) is 0.250. The molecule has 0 bridgehead atoms. The Morgan fingerprint density at radius 2 is 1.51 bits per heavy atom. The summed E-state index contributed by atoms with van der Waals surface area (Å²) in [5.41, 5.74) is 7.41. The van der Waals surface area contributed by atoms with Gasteiger partial charge in [-0.3, -0.25) is 4.79 Å². The van der Waals surface area contributed by atoms with E-state index in [0.29, 0.717) is 6.42 Å². The second-order valence-corrected chi connectivity index (χ2v) is 10.6. The fraction of sp³-hybridized carbons (Fsp3) is 0.172. The molecule has 8 heteroatoms. The molecule has 0 aliphatic rings. The summed E-state index contributed by atoms with van der Waals surface area (Å²) >= 11 is 0. The highest BCUT2D eigenvalue weighted by molar-refractivity contribution is 7.89. The summed E-state index contributed by atoms with van der Waals surface area (Å²) in [6.45, 7) is 3.82. The Morgan fingerprint density at radius 3 is 2.16 bits per heavy atom. The summed E-state index contributed by atoms with van der Waals surface area (Å²) in [6.07, 6.45) is 2.06. The molecule has 0 saturated carbocycles. The van der Waals surface area contributed by atoms with Gasteiger partial charge in [0.1, 0.15) is 0 Å². The highest BCUT2D eigenvalue weighted by Gasteiger charge is 2.26. The molecule has 0 unspecified atom stereocenters. The van der Waals surface area contributed by atoms with Gasteiger partial charge in [0.05, 0.1) is 17.7 Å². The summed E-state index contributed by atoms with van der Waals surface area (Å²) in [7, 11) is -3.87. The predicted molar refractivity (Wildman–Crippen MR) is 146 cm³/mol. The largest absolute Gasteiger partial charge is 0.318 e. The van der Waals surface area contributed by atoms with Crippen molar-refractivity contribution in [2.45, 2.75) is 25.2 Å². The standard InChI is InChI=1S/C29H30N4O3S/c1-23-20-26(24(2)33(23)27-14-8-4-9-15-27)21-30-31-29(34)22-32(19-18-25-12-6-3-7-13-25)37(35,36)28-16-10-5-11-17-28/h3-17,20-21H,18-19,22H2,1-2H3,(H,31,34)/b30-21+. The van der Waals surface area contributed by atoms with Crippen molar-refractivity contribution in [3.05, 3.63) is 120 Å². The number of sulfonamides is 1. The van der Waals surface area contributed by atoms with Crippen LogP contribution in [0.2, 0.25) is 0 Å². The Labute approximate surface area is 218 Å². The van der Waals surface area contributed by atoms with Crippen molar-refractivity contribution < 1.29 is 13.2 Å². The van der Waals surface area contributed by atoms with Gasteiger partial charge in [-0.2, -0.15) is 9.41 Å². The average Bonchev–Trinajstić information content (AvgIpc) is 3.20. The van der Waals surface area contributed by atoms with E-state index in [1.165, 1.54) is 16.4 Å². The van der Waals surface area contributed by atoms with Gasteiger partial charge in [-0.1, -0.05) is 66.7 Å². The summed E-state index contributed by atoms with van der Waals surface area (Å²) in [6, 6.07) is 29.7. The number of carbonyl (C=O) groups excluding carboxylic acids is 1. The lowest BCUT2D eigenvalue weighted by molar-refractivity contribution is -0.121. The number of aromatic nitrogens is 1. The molecule has 0 saturated heterocycles. The van der Waals surface area contributed by atoms with Crippen LogP contribution in [0, 0.1) is 13.8 Å². The third kappa shape index (κ3) is 6.41. The number of nitrogens with zero attached hydrogens (tertiary/aromatic N) is 3. The molecule has 1 aromatic heterocycles. The molecule has 0 radical (unpaired) electrons. The SMILES string of the molecule is Cc1cc(/C=N/NC(=O)CN(CCc2ccccc2)S(=O)(=O)c2ccccc2)c(C)n1-c1ccccc1. The Hall–Kier alpha value is -4.01. The number of hydrogen-bond acceptors (Lipinski definition) is 4. The number of rotatable bonds is 10. The monoisotopic (exact) mass is 514 g/mol. The Morgan fingerprint density at radius 1 is 0.919 bits per heavy atom. The van der Waals surface area contributed by atoms with Crippen molar-refractivity contribution in [2.24, 2.45) is 5.10 Å². The molecule has 190 valence electrons. The van der Waals surface area contributed by atoms with Crippen molar-refractivity contribution in [1.82, 2.24) is 14.3 Å². The second kappa shape index (κ2) is 11.8. The summed E-state index contributed by atoms with van der Waals surface area (Å²) in [5.74, 6) is -0.513. The fourth-order valence-corrected chi connectivity index (χ4v) is 5.60. The van der Waals surface area contributed by atoms with E-state index in [2.05, 4.69) is 15.1 Å². The van der Waals surface area contributed by atoms with Crippen LogP contribution in [-0.4, -0.2) is 42.5 Å². The molecule has 1 heterocycles. The number of para-hydroxylation sites is 1. The first-order valence-corrected chi connectivity index (χ1v) is 13.5. The van der Waals surface area contributed by atoms with Crippen molar-refractivity contribution in [1.29, 1.82) is 0 Å². The molecule has 4 aromatic rings. The number of amides is 1. The van der Waals surface area contributed by atoms with E-state index in [1.54, 1.807) is 24.4 Å². The highest BCUT2D eigenvalue weighted by Crippen LogP contribution is 2.19. The zero-order valence-corrected chi connectivity index (χ0v) is 21.7. The van der Waals surface area contributed by atoms with Crippen molar-refractivity contribution in [3.63, 3.8) is 0 Å². The molecular weight excluding hydrogens is 484 g/mol. The first-order chi connectivity index (χ1) is 17.9. The number of nitrogens with one attached hydrogen (secondary N) is 1. The first-order valence-electron chi connectivity index (χ1n) is 12.0. The molecule has 0 aliphatic heterocycles. The van der Waals surface area contributed by atoms with Crippen LogP contribution in [0.4, 0.5) is 0 Å². The maximum atomic E-state index is 13.3. The fourth-order valence-electron chi connectivity index (χ4n) is 4.19. The van der Waals surface area contributed by atoms with Crippen LogP contribution in [0.1, 0.15) is 22.5 Å². The van der Waals surface area contributed by atoms with E-state index >= 15 is 0 Å². The van der Waals surface area contributed by atoms with Gasteiger partial charge >= 0.3 is 0 Å².